The first kappa shape index (κ1) is 20.0. The molecule has 0 bridgehead atoms. The van der Waals surface area contributed by atoms with Crippen molar-refractivity contribution in [2.45, 2.75) is 0 Å². The molecule has 0 saturated carbocycles. The van der Waals surface area contributed by atoms with E-state index in [1.165, 1.54) is 0 Å². The van der Waals surface area contributed by atoms with Crippen molar-refractivity contribution < 1.29 is 4.80 Å². The molecule has 1 aliphatic heterocycles. The number of benzene rings is 4. The zero-order chi connectivity index (χ0) is 21.8. The highest BCUT2D eigenvalue weighted by molar-refractivity contribution is 7.03. The smallest absolute Gasteiger partial charge is 0.305 e. The van der Waals surface area contributed by atoms with E-state index >= 15 is 0 Å². The zero-order valence-electron chi connectivity index (χ0n) is 17.5. The summed E-state index contributed by atoms with van der Waals surface area (Å²) in [6, 6.07) is 40.1. The second-order valence-electron chi connectivity index (χ2n) is 7.60. The Balaban J connectivity index is 1.85. The number of hydrazone groups is 1. The van der Waals surface area contributed by atoms with E-state index in [0.29, 0.717) is 0 Å². The highest BCUT2D eigenvalue weighted by Gasteiger charge is 2.46. The van der Waals surface area contributed by atoms with Crippen molar-refractivity contribution in [2.75, 3.05) is 5.01 Å². The minimum atomic E-state index is -3.44. The summed E-state index contributed by atoms with van der Waals surface area (Å²) in [5.41, 5.74) is 5.96. The van der Waals surface area contributed by atoms with Crippen LogP contribution >= 0.6 is 0 Å². The second-order valence-corrected chi connectivity index (χ2v) is 10.6. The maximum Gasteiger partial charge on any atom is 0.305 e. The summed E-state index contributed by atoms with van der Waals surface area (Å²) < 4.78 is 0. The SMILES string of the molecule is O[Si](C1=C(c2ccccc2)C=NNN1c1ccccc1)(c1ccccc1)c1ccccc1. The first-order valence-electron chi connectivity index (χ1n) is 10.6. The Hall–Kier alpha value is -3.93. The van der Waals surface area contributed by atoms with Crippen molar-refractivity contribution in [2.24, 2.45) is 5.10 Å². The molecule has 0 radical (unpaired) electrons. The van der Waals surface area contributed by atoms with Crippen LogP contribution in [0, 0.1) is 0 Å². The monoisotopic (exact) mass is 433 g/mol. The molecule has 0 saturated heterocycles. The van der Waals surface area contributed by atoms with E-state index < -0.39 is 8.32 Å². The fraction of sp³-hybridized carbons (Fsp3) is 0. The van der Waals surface area contributed by atoms with Gasteiger partial charge in [0.1, 0.15) is 0 Å². The van der Waals surface area contributed by atoms with Gasteiger partial charge in [-0.25, -0.2) is 10.5 Å². The summed E-state index contributed by atoms with van der Waals surface area (Å²) >= 11 is 0. The van der Waals surface area contributed by atoms with E-state index in [1.807, 2.05) is 120 Å². The molecule has 5 rings (SSSR count). The number of anilines is 1. The van der Waals surface area contributed by atoms with Crippen LogP contribution in [0.25, 0.3) is 5.57 Å². The molecule has 0 unspecified atom stereocenters. The van der Waals surface area contributed by atoms with E-state index in [9.17, 15) is 4.80 Å². The lowest BCUT2D eigenvalue weighted by Crippen LogP contribution is -2.66. The number of para-hydroxylation sites is 1. The van der Waals surface area contributed by atoms with Crippen LogP contribution in [-0.2, 0) is 0 Å². The summed E-state index contributed by atoms with van der Waals surface area (Å²) in [7, 11) is -3.44. The minimum Gasteiger partial charge on any atom is -0.420 e. The second kappa shape index (κ2) is 8.67. The molecule has 0 aromatic heterocycles. The summed E-state index contributed by atoms with van der Waals surface area (Å²) in [6.07, 6.45) is 1.81. The number of allylic oxidation sites excluding steroid dienone is 1. The lowest BCUT2D eigenvalue weighted by atomic mass is 10.1. The van der Waals surface area contributed by atoms with Crippen LogP contribution in [0.5, 0.6) is 0 Å². The lowest BCUT2D eigenvalue weighted by molar-refractivity contribution is 0.568. The van der Waals surface area contributed by atoms with Gasteiger partial charge in [-0.15, -0.1) is 0 Å². The maximum atomic E-state index is 12.8. The molecule has 0 spiro atoms. The van der Waals surface area contributed by atoms with Gasteiger partial charge in [0.05, 0.1) is 17.2 Å². The molecule has 156 valence electrons. The van der Waals surface area contributed by atoms with Crippen molar-refractivity contribution >= 4 is 36.2 Å². The Labute approximate surface area is 188 Å². The highest BCUT2D eigenvalue weighted by Crippen LogP contribution is 2.31. The van der Waals surface area contributed by atoms with Crippen molar-refractivity contribution in [3.8, 4) is 0 Å². The molecule has 4 aromatic carbocycles. The molecule has 4 aromatic rings. The largest absolute Gasteiger partial charge is 0.420 e. The molecule has 2 N–H and O–H groups in total. The molecular formula is C27H23N3OSi. The van der Waals surface area contributed by atoms with Crippen LogP contribution in [0.4, 0.5) is 5.69 Å². The van der Waals surface area contributed by atoms with Crippen LogP contribution in [0.2, 0.25) is 0 Å². The number of nitrogens with zero attached hydrogens (tertiary/aromatic N) is 2. The predicted octanol–water partition coefficient (Wildman–Crippen LogP) is 3.70. The third kappa shape index (κ3) is 3.54. The van der Waals surface area contributed by atoms with E-state index in [0.717, 1.165) is 32.5 Å². The molecule has 0 fully saturated rings. The van der Waals surface area contributed by atoms with Gasteiger partial charge in [-0.1, -0.05) is 109 Å². The number of hydrogen-bond acceptors (Lipinski definition) is 4. The van der Waals surface area contributed by atoms with Gasteiger partial charge in [-0.05, 0) is 28.1 Å². The minimum absolute atomic E-state index is 0.822. The van der Waals surface area contributed by atoms with Crippen molar-refractivity contribution in [1.29, 1.82) is 0 Å². The predicted molar refractivity (Wildman–Crippen MR) is 134 cm³/mol. The fourth-order valence-electron chi connectivity index (χ4n) is 4.13. The molecular weight excluding hydrogens is 410 g/mol. The van der Waals surface area contributed by atoms with E-state index in [-0.39, 0.29) is 0 Å². The fourth-order valence-corrected chi connectivity index (χ4v) is 7.46. The molecule has 32 heavy (non-hydrogen) atoms. The Bertz CT molecular complexity index is 1200. The summed E-state index contributed by atoms with van der Waals surface area (Å²) in [6.45, 7) is 0. The van der Waals surface area contributed by atoms with Crippen molar-refractivity contribution in [1.82, 2.24) is 5.53 Å². The van der Waals surface area contributed by atoms with Gasteiger partial charge in [-0.2, -0.15) is 5.10 Å². The molecule has 0 amide bonds. The van der Waals surface area contributed by atoms with Crippen molar-refractivity contribution in [3.63, 3.8) is 0 Å². The zero-order valence-corrected chi connectivity index (χ0v) is 18.5. The quantitative estimate of drug-likeness (QED) is 0.472. The van der Waals surface area contributed by atoms with E-state index in [2.05, 4.69) is 22.8 Å². The Kier molecular flexibility index (Phi) is 5.42. The van der Waals surface area contributed by atoms with Crippen molar-refractivity contribution in [3.05, 3.63) is 132 Å². The van der Waals surface area contributed by atoms with Gasteiger partial charge in [0, 0.05) is 5.57 Å². The number of hydrogen-bond donors (Lipinski definition) is 2. The van der Waals surface area contributed by atoms with E-state index in [4.69, 9.17) is 0 Å². The standard InChI is InChI=1S/C27H23N3OSi/c31-32(24-17-9-3-10-18-24,25-19-11-4-12-20-25)27-26(22-13-5-1-6-14-22)21-28-29-30(27)23-15-7-2-8-16-23/h1-21,29,31H. The topological polar surface area (TPSA) is 47.9 Å². The Morgan fingerprint density at radius 2 is 1.09 bits per heavy atom. The average molecular weight is 434 g/mol. The highest BCUT2D eigenvalue weighted by atomic mass is 28.4. The first-order chi connectivity index (χ1) is 15.8. The van der Waals surface area contributed by atoms with Gasteiger partial charge < -0.3 is 4.80 Å². The molecule has 1 aliphatic rings. The van der Waals surface area contributed by atoms with Crippen LogP contribution in [0.15, 0.2) is 132 Å². The molecule has 4 nitrogen and oxygen atoms in total. The number of hydrazine groups is 1. The van der Waals surface area contributed by atoms with Gasteiger partial charge >= 0.3 is 8.32 Å². The number of nitrogens with one attached hydrogen (secondary N) is 1. The van der Waals surface area contributed by atoms with Crippen LogP contribution in [0.3, 0.4) is 0 Å². The first-order valence-corrected chi connectivity index (χ1v) is 12.5. The molecule has 1 heterocycles. The summed E-state index contributed by atoms with van der Waals surface area (Å²) in [5, 5.41) is 9.01. The van der Waals surface area contributed by atoms with Gasteiger partial charge in [0.2, 0.25) is 0 Å². The number of rotatable bonds is 5. The normalized spacial score (nSPS) is 13.7. The lowest BCUT2D eigenvalue weighted by Gasteiger charge is -2.39. The van der Waals surface area contributed by atoms with Crippen LogP contribution < -0.4 is 20.9 Å². The van der Waals surface area contributed by atoms with Gasteiger partial charge in [0.15, 0.2) is 0 Å². The van der Waals surface area contributed by atoms with E-state index in [1.54, 1.807) is 0 Å². The van der Waals surface area contributed by atoms with Crippen LogP contribution in [0.1, 0.15) is 5.56 Å². The van der Waals surface area contributed by atoms with Gasteiger partial charge in [-0.3, -0.25) is 0 Å². The molecule has 5 heteroatoms. The summed E-state index contributed by atoms with van der Waals surface area (Å²) in [4.78, 5) is 12.8. The third-order valence-electron chi connectivity index (χ3n) is 5.66. The van der Waals surface area contributed by atoms with Gasteiger partial charge in [0.25, 0.3) is 0 Å². The average Bonchev–Trinajstić information content (AvgIpc) is 2.90. The molecule has 0 aliphatic carbocycles. The molecule has 0 atom stereocenters. The third-order valence-corrected chi connectivity index (χ3v) is 9.17. The Morgan fingerprint density at radius 1 is 0.625 bits per heavy atom. The summed E-state index contributed by atoms with van der Waals surface area (Å²) in [5.74, 6) is 0. The Morgan fingerprint density at radius 3 is 1.62 bits per heavy atom. The maximum absolute atomic E-state index is 12.8. The van der Waals surface area contributed by atoms with Crippen LogP contribution in [-0.4, -0.2) is 19.3 Å².